The van der Waals surface area contributed by atoms with Gasteiger partial charge in [-0.15, -0.1) is 0 Å². The lowest BCUT2D eigenvalue weighted by Crippen LogP contribution is -2.46. The van der Waals surface area contributed by atoms with Gasteiger partial charge < -0.3 is 25.2 Å². The Bertz CT molecular complexity index is 329. The van der Waals surface area contributed by atoms with Crippen molar-refractivity contribution in [2.24, 2.45) is 10.9 Å². The molecule has 6 nitrogen and oxygen atoms in total. The molecule has 0 spiro atoms. The number of piperazine rings is 1. The smallest absolute Gasteiger partial charge is 0.191 e. The van der Waals surface area contributed by atoms with Gasteiger partial charge in [0.1, 0.15) is 0 Å². The van der Waals surface area contributed by atoms with Gasteiger partial charge in [-0.1, -0.05) is 6.92 Å². The minimum Gasteiger partial charge on any atom is -0.382 e. The van der Waals surface area contributed by atoms with Crippen molar-refractivity contribution in [1.82, 2.24) is 20.4 Å². The van der Waals surface area contributed by atoms with Crippen molar-refractivity contribution in [3.8, 4) is 0 Å². The Morgan fingerprint density at radius 1 is 1.12 bits per heavy atom. The topological polar surface area (TPSA) is 52.1 Å². The van der Waals surface area contributed by atoms with Crippen molar-refractivity contribution in [1.29, 1.82) is 0 Å². The summed E-state index contributed by atoms with van der Waals surface area (Å²) in [6.07, 6.45) is 2.21. The summed E-state index contributed by atoms with van der Waals surface area (Å²) in [4.78, 5) is 9.72. The molecule has 0 aliphatic carbocycles. The summed E-state index contributed by atoms with van der Waals surface area (Å²) in [5.74, 6) is 1.53. The number of unbranched alkanes of at least 4 members (excludes halogenated alkanes) is 1. The van der Waals surface area contributed by atoms with Crippen LogP contribution in [0.3, 0.4) is 0 Å². The summed E-state index contributed by atoms with van der Waals surface area (Å²) >= 11 is 0. The minimum absolute atomic E-state index is 0.585. The van der Waals surface area contributed by atoms with E-state index in [1.807, 2.05) is 6.92 Å². The Morgan fingerprint density at radius 2 is 1.88 bits per heavy atom. The highest BCUT2D eigenvalue weighted by Crippen LogP contribution is 2.05. The van der Waals surface area contributed by atoms with E-state index in [0.717, 1.165) is 58.2 Å². The van der Waals surface area contributed by atoms with Crippen LogP contribution in [0.1, 0.15) is 33.6 Å². The number of hydrogen-bond donors (Lipinski definition) is 2. The van der Waals surface area contributed by atoms with Gasteiger partial charge in [0.25, 0.3) is 0 Å². The monoisotopic (exact) mass is 341 g/mol. The Labute approximate surface area is 149 Å². The quantitative estimate of drug-likeness (QED) is 0.336. The first-order chi connectivity index (χ1) is 11.7. The van der Waals surface area contributed by atoms with E-state index in [1.165, 1.54) is 26.2 Å². The molecule has 0 radical (unpaired) electrons. The molecule has 0 saturated carbocycles. The van der Waals surface area contributed by atoms with E-state index in [4.69, 9.17) is 9.73 Å². The molecule has 1 heterocycles. The fraction of sp³-hybridized carbons (Fsp3) is 0.944. The maximum atomic E-state index is 5.36. The molecule has 142 valence electrons. The van der Waals surface area contributed by atoms with Crippen LogP contribution in [0, 0.1) is 5.92 Å². The van der Waals surface area contributed by atoms with E-state index in [-0.39, 0.29) is 0 Å². The summed E-state index contributed by atoms with van der Waals surface area (Å²) in [5, 5.41) is 6.76. The normalized spacial score (nSPS) is 18.6. The summed E-state index contributed by atoms with van der Waals surface area (Å²) < 4.78 is 5.36. The summed E-state index contributed by atoms with van der Waals surface area (Å²) in [7, 11) is 2.20. The Balaban J connectivity index is 2.22. The van der Waals surface area contributed by atoms with Crippen molar-refractivity contribution in [3.05, 3.63) is 0 Å². The zero-order valence-corrected chi connectivity index (χ0v) is 16.3. The lowest BCUT2D eigenvalue weighted by Gasteiger charge is -2.33. The largest absolute Gasteiger partial charge is 0.382 e. The van der Waals surface area contributed by atoms with E-state index in [1.54, 1.807) is 0 Å². The Hall–Kier alpha value is -0.850. The fourth-order valence-electron chi connectivity index (χ4n) is 2.80. The van der Waals surface area contributed by atoms with Gasteiger partial charge in [0, 0.05) is 65.6 Å². The van der Waals surface area contributed by atoms with E-state index >= 15 is 0 Å². The highest BCUT2D eigenvalue weighted by Gasteiger charge is 2.15. The molecule has 0 amide bonds. The zero-order valence-electron chi connectivity index (χ0n) is 16.3. The predicted molar refractivity (Wildman–Crippen MR) is 103 cm³/mol. The molecule has 1 aliphatic rings. The van der Waals surface area contributed by atoms with Crippen LogP contribution in [-0.2, 0) is 4.74 Å². The number of hydrogen-bond acceptors (Lipinski definition) is 4. The molecule has 1 unspecified atom stereocenters. The van der Waals surface area contributed by atoms with Gasteiger partial charge in [-0.05, 0) is 39.7 Å². The van der Waals surface area contributed by atoms with Gasteiger partial charge in [-0.2, -0.15) is 0 Å². The van der Waals surface area contributed by atoms with Crippen molar-refractivity contribution in [3.63, 3.8) is 0 Å². The zero-order chi connectivity index (χ0) is 17.6. The number of rotatable bonds is 11. The van der Waals surface area contributed by atoms with Gasteiger partial charge >= 0.3 is 0 Å². The molecule has 1 fully saturated rings. The van der Waals surface area contributed by atoms with Crippen LogP contribution in [0.2, 0.25) is 0 Å². The molecule has 0 bridgehead atoms. The molecule has 24 heavy (non-hydrogen) atoms. The molecule has 0 aromatic carbocycles. The second kappa shape index (κ2) is 13.4. The molecule has 1 atom stereocenters. The molecule has 2 N–H and O–H groups in total. The lowest BCUT2D eigenvalue weighted by atomic mass is 10.1. The van der Waals surface area contributed by atoms with Crippen LogP contribution in [-0.4, -0.2) is 88.4 Å². The van der Waals surface area contributed by atoms with Crippen molar-refractivity contribution < 1.29 is 4.74 Å². The van der Waals surface area contributed by atoms with Gasteiger partial charge in [0.2, 0.25) is 0 Å². The number of nitrogens with one attached hydrogen (secondary N) is 2. The third kappa shape index (κ3) is 10.1. The summed E-state index contributed by atoms with van der Waals surface area (Å²) in [6.45, 7) is 16.7. The van der Waals surface area contributed by atoms with Gasteiger partial charge in [-0.3, -0.25) is 4.99 Å². The number of likely N-dealkylation sites (N-methyl/N-ethyl adjacent to an activating group) is 1. The van der Waals surface area contributed by atoms with Crippen LogP contribution in [0.25, 0.3) is 0 Å². The van der Waals surface area contributed by atoms with E-state index in [9.17, 15) is 0 Å². The molecule has 1 saturated heterocycles. The maximum absolute atomic E-state index is 5.36. The molecular formula is C18H39N5O. The van der Waals surface area contributed by atoms with Crippen molar-refractivity contribution in [2.75, 3.05) is 72.6 Å². The lowest BCUT2D eigenvalue weighted by molar-refractivity contribution is 0.140. The first-order valence-electron chi connectivity index (χ1n) is 9.66. The molecule has 1 aliphatic heterocycles. The van der Waals surface area contributed by atoms with E-state index in [2.05, 4.69) is 41.3 Å². The first kappa shape index (κ1) is 21.2. The van der Waals surface area contributed by atoms with Gasteiger partial charge in [-0.25, -0.2) is 0 Å². The Morgan fingerprint density at radius 3 is 2.54 bits per heavy atom. The minimum atomic E-state index is 0.585. The average molecular weight is 342 g/mol. The molecule has 1 rings (SSSR count). The number of guanidine groups is 1. The van der Waals surface area contributed by atoms with Gasteiger partial charge in [0.15, 0.2) is 5.96 Å². The van der Waals surface area contributed by atoms with Crippen LogP contribution in [0.15, 0.2) is 4.99 Å². The fourth-order valence-corrected chi connectivity index (χ4v) is 2.80. The number of aliphatic imine (C=N–C) groups is 1. The maximum Gasteiger partial charge on any atom is 0.191 e. The third-order valence-electron chi connectivity index (χ3n) is 4.28. The number of nitrogens with zero attached hydrogens (tertiary/aromatic N) is 3. The summed E-state index contributed by atoms with van der Waals surface area (Å²) in [5.41, 5.74) is 0. The second-order valence-electron chi connectivity index (χ2n) is 6.76. The summed E-state index contributed by atoms with van der Waals surface area (Å²) in [6, 6.07) is 0. The van der Waals surface area contributed by atoms with Crippen molar-refractivity contribution in [2.45, 2.75) is 33.6 Å². The number of ether oxygens (including phenoxy) is 1. The van der Waals surface area contributed by atoms with Crippen LogP contribution < -0.4 is 10.6 Å². The first-order valence-corrected chi connectivity index (χ1v) is 9.66. The van der Waals surface area contributed by atoms with Crippen LogP contribution in [0.5, 0.6) is 0 Å². The van der Waals surface area contributed by atoms with E-state index in [0.29, 0.717) is 5.92 Å². The molecule has 6 heteroatoms. The third-order valence-corrected chi connectivity index (χ3v) is 4.28. The molecule has 0 aromatic heterocycles. The average Bonchev–Trinajstić information content (AvgIpc) is 2.57. The van der Waals surface area contributed by atoms with Crippen molar-refractivity contribution >= 4 is 5.96 Å². The van der Waals surface area contributed by atoms with E-state index < -0.39 is 0 Å². The second-order valence-corrected chi connectivity index (χ2v) is 6.76. The highest BCUT2D eigenvalue weighted by molar-refractivity contribution is 5.79. The molecule has 0 aromatic rings. The standard InChI is InChI=1S/C18H39N5O/c1-5-19-18(20-9-7-8-14-24-6-2)21-15-17(3)16-23-12-10-22(4)11-13-23/h17H,5-16H2,1-4H3,(H2,19,20,21). The Kier molecular flexibility index (Phi) is 11.9. The van der Waals surface area contributed by atoms with Gasteiger partial charge in [0.05, 0.1) is 0 Å². The van der Waals surface area contributed by atoms with Crippen LogP contribution in [0.4, 0.5) is 0 Å². The highest BCUT2D eigenvalue weighted by atomic mass is 16.5. The molecular weight excluding hydrogens is 302 g/mol. The predicted octanol–water partition coefficient (Wildman–Crippen LogP) is 1.24. The van der Waals surface area contributed by atoms with Crippen LogP contribution >= 0.6 is 0 Å². The SMILES string of the molecule is CCNC(=NCC(C)CN1CCN(C)CC1)NCCCCOCC.